The lowest BCUT2D eigenvalue weighted by molar-refractivity contribution is 0.479. The third-order valence-electron chi connectivity index (χ3n) is 3.18. The summed E-state index contributed by atoms with van der Waals surface area (Å²) in [6.07, 6.45) is 0. The van der Waals surface area contributed by atoms with E-state index < -0.39 is 0 Å². The Morgan fingerprint density at radius 3 is 2.68 bits per heavy atom. The first-order valence-corrected chi connectivity index (χ1v) is 7.71. The van der Waals surface area contributed by atoms with Crippen molar-refractivity contribution in [1.29, 1.82) is 0 Å². The molecule has 9 heteroatoms. The molecule has 1 N–H and O–H groups in total. The average molecular weight is 455 g/mol. The van der Waals surface area contributed by atoms with Crippen LogP contribution in [-0.2, 0) is 20.1 Å². The number of aliphatic imine (C=N–C) groups is 1. The van der Waals surface area contributed by atoms with Crippen LogP contribution in [0.3, 0.4) is 0 Å². The van der Waals surface area contributed by atoms with Gasteiger partial charge in [-0.2, -0.15) is 0 Å². The van der Waals surface area contributed by atoms with E-state index in [-0.39, 0.29) is 24.0 Å². The number of halogens is 2. The number of aromatic nitrogens is 3. The first kappa shape index (κ1) is 19.2. The molecule has 2 aromatic rings. The van der Waals surface area contributed by atoms with Crippen LogP contribution in [0.1, 0.15) is 16.5 Å². The Morgan fingerprint density at radius 2 is 2.18 bits per heavy atom. The summed E-state index contributed by atoms with van der Waals surface area (Å²) in [5, 5.41) is 11.5. The monoisotopic (exact) mass is 454 g/mol. The van der Waals surface area contributed by atoms with Gasteiger partial charge in [-0.1, -0.05) is 11.6 Å². The highest BCUT2D eigenvalue weighted by atomic mass is 127. The Balaban J connectivity index is 0.00000242. The molecule has 2 heterocycles. The van der Waals surface area contributed by atoms with E-state index in [0.29, 0.717) is 6.54 Å². The number of nitrogens with one attached hydrogen (secondary N) is 1. The van der Waals surface area contributed by atoms with Crippen molar-refractivity contribution in [3.8, 4) is 0 Å². The van der Waals surface area contributed by atoms with Crippen molar-refractivity contribution in [2.75, 3.05) is 14.1 Å². The fourth-order valence-electron chi connectivity index (χ4n) is 1.89. The van der Waals surface area contributed by atoms with E-state index >= 15 is 0 Å². The number of nitrogens with zero attached hydrogens (tertiary/aromatic N) is 5. The van der Waals surface area contributed by atoms with Crippen molar-refractivity contribution in [3.05, 3.63) is 33.0 Å². The van der Waals surface area contributed by atoms with Crippen LogP contribution in [0, 0.1) is 6.92 Å². The summed E-state index contributed by atoms with van der Waals surface area (Å²) in [7, 11) is 5.71. The Hall–Kier alpha value is -0.870. The van der Waals surface area contributed by atoms with Gasteiger partial charge in [-0.3, -0.25) is 4.99 Å². The van der Waals surface area contributed by atoms with Gasteiger partial charge in [0, 0.05) is 26.0 Å². The minimum Gasteiger partial charge on any atom is -0.349 e. The second kappa shape index (κ2) is 8.68. The SMILES string of the molecule is CN=C(NCc1nnc(C)n1C)N(C)Cc1ccc(Cl)s1.I. The van der Waals surface area contributed by atoms with Crippen molar-refractivity contribution in [1.82, 2.24) is 25.0 Å². The molecule has 0 aliphatic rings. The van der Waals surface area contributed by atoms with E-state index in [1.165, 1.54) is 4.88 Å². The molecule has 0 saturated heterocycles. The van der Waals surface area contributed by atoms with E-state index in [2.05, 4.69) is 20.5 Å². The smallest absolute Gasteiger partial charge is 0.194 e. The third kappa shape index (κ3) is 4.82. The second-order valence-electron chi connectivity index (χ2n) is 4.69. The Morgan fingerprint density at radius 1 is 1.45 bits per heavy atom. The molecule has 0 bridgehead atoms. The van der Waals surface area contributed by atoms with Crippen LogP contribution in [0.4, 0.5) is 0 Å². The molecule has 2 rings (SSSR count). The molecule has 0 aliphatic carbocycles. The number of thiophene rings is 1. The van der Waals surface area contributed by atoms with Gasteiger partial charge in [0.15, 0.2) is 11.8 Å². The summed E-state index contributed by atoms with van der Waals surface area (Å²) in [5.41, 5.74) is 0. The minimum absolute atomic E-state index is 0. The Labute approximate surface area is 156 Å². The predicted octanol–water partition coefficient (Wildman–Crippen LogP) is 2.66. The van der Waals surface area contributed by atoms with Gasteiger partial charge in [-0.25, -0.2) is 0 Å². The molecule has 122 valence electrons. The van der Waals surface area contributed by atoms with Crippen molar-refractivity contribution < 1.29 is 0 Å². The van der Waals surface area contributed by atoms with E-state index in [1.54, 1.807) is 18.4 Å². The largest absolute Gasteiger partial charge is 0.349 e. The predicted molar refractivity (Wildman–Crippen MR) is 102 cm³/mol. The maximum absolute atomic E-state index is 5.95. The normalized spacial score (nSPS) is 11.2. The van der Waals surface area contributed by atoms with Crippen LogP contribution in [-0.4, -0.2) is 39.7 Å². The van der Waals surface area contributed by atoms with Crippen molar-refractivity contribution in [2.24, 2.45) is 12.0 Å². The zero-order valence-electron chi connectivity index (χ0n) is 13.0. The van der Waals surface area contributed by atoms with Gasteiger partial charge in [-0.05, 0) is 19.1 Å². The quantitative estimate of drug-likeness (QED) is 0.438. The van der Waals surface area contributed by atoms with Gasteiger partial charge in [0.05, 0.1) is 17.4 Å². The molecule has 2 aromatic heterocycles. The minimum atomic E-state index is 0. The molecule has 6 nitrogen and oxygen atoms in total. The highest BCUT2D eigenvalue weighted by Crippen LogP contribution is 2.22. The number of guanidine groups is 1. The second-order valence-corrected chi connectivity index (χ2v) is 6.48. The Kier molecular flexibility index (Phi) is 7.57. The molecular formula is C13H20ClIN6S. The summed E-state index contributed by atoms with van der Waals surface area (Å²) in [6.45, 7) is 3.27. The standard InChI is InChI=1S/C13H19ClN6S.HI/c1-9-17-18-12(20(9)4)7-16-13(15-2)19(3)8-10-5-6-11(14)21-10;/h5-6H,7-8H2,1-4H3,(H,15,16);1H. The van der Waals surface area contributed by atoms with E-state index in [1.807, 2.05) is 42.6 Å². The molecule has 0 aliphatic heterocycles. The molecule has 0 amide bonds. The van der Waals surface area contributed by atoms with Crippen molar-refractivity contribution in [3.63, 3.8) is 0 Å². The number of hydrogen-bond acceptors (Lipinski definition) is 4. The molecule has 0 saturated carbocycles. The van der Waals surface area contributed by atoms with Crippen LogP contribution in [0.25, 0.3) is 0 Å². The first-order valence-electron chi connectivity index (χ1n) is 6.52. The summed E-state index contributed by atoms with van der Waals surface area (Å²) in [5.74, 6) is 2.57. The van der Waals surface area contributed by atoms with Gasteiger partial charge < -0.3 is 14.8 Å². The third-order valence-corrected chi connectivity index (χ3v) is 4.40. The van der Waals surface area contributed by atoms with Crippen molar-refractivity contribution >= 4 is 52.9 Å². The van der Waals surface area contributed by atoms with Gasteiger partial charge in [-0.15, -0.1) is 45.5 Å². The maximum Gasteiger partial charge on any atom is 0.194 e. The first-order chi connectivity index (χ1) is 10.0. The van der Waals surface area contributed by atoms with Gasteiger partial charge >= 0.3 is 0 Å². The topological polar surface area (TPSA) is 58.3 Å². The molecule has 0 fully saturated rings. The highest BCUT2D eigenvalue weighted by molar-refractivity contribution is 14.0. The molecule has 22 heavy (non-hydrogen) atoms. The van der Waals surface area contributed by atoms with Gasteiger partial charge in [0.1, 0.15) is 5.82 Å². The molecule has 0 aromatic carbocycles. The van der Waals surface area contributed by atoms with E-state index in [9.17, 15) is 0 Å². The van der Waals surface area contributed by atoms with Crippen LogP contribution in [0.2, 0.25) is 4.34 Å². The fraction of sp³-hybridized carbons (Fsp3) is 0.462. The number of hydrogen-bond donors (Lipinski definition) is 1. The lowest BCUT2D eigenvalue weighted by Crippen LogP contribution is -2.38. The van der Waals surface area contributed by atoms with Crippen LogP contribution in [0.5, 0.6) is 0 Å². The number of rotatable bonds is 4. The summed E-state index contributed by atoms with van der Waals surface area (Å²) in [4.78, 5) is 7.53. The molecule has 0 unspecified atom stereocenters. The summed E-state index contributed by atoms with van der Waals surface area (Å²) in [6, 6.07) is 3.94. The average Bonchev–Trinajstić information content (AvgIpc) is 2.99. The maximum atomic E-state index is 5.95. The lowest BCUT2D eigenvalue weighted by Gasteiger charge is -2.21. The van der Waals surface area contributed by atoms with Crippen LogP contribution in [0.15, 0.2) is 17.1 Å². The van der Waals surface area contributed by atoms with Crippen LogP contribution < -0.4 is 5.32 Å². The van der Waals surface area contributed by atoms with Gasteiger partial charge in [0.2, 0.25) is 0 Å². The van der Waals surface area contributed by atoms with Crippen LogP contribution >= 0.6 is 46.9 Å². The molecule has 0 radical (unpaired) electrons. The zero-order valence-corrected chi connectivity index (χ0v) is 16.9. The molecule has 0 atom stereocenters. The zero-order chi connectivity index (χ0) is 15.4. The van der Waals surface area contributed by atoms with Gasteiger partial charge in [0.25, 0.3) is 0 Å². The molecule has 0 spiro atoms. The Bertz CT molecular complexity index is 638. The van der Waals surface area contributed by atoms with E-state index in [0.717, 1.165) is 28.5 Å². The fourth-order valence-corrected chi connectivity index (χ4v) is 3.03. The van der Waals surface area contributed by atoms with Crippen molar-refractivity contribution in [2.45, 2.75) is 20.0 Å². The number of aryl methyl sites for hydroxylation is 1. The highest BCUT2D eigenvalue weighted by Gasteiger charge is 2.10. The summed E-state index contributed by atoms with van der Waals surface area (Å²) < 4.78 is 2.76. The van der Waals surface area contributed by atoms with E-state index in [4.69, 9.17) is 11.6 Å². The summed E-state index contributed by atoms with van der Waals surface area (Å²) >= 11 is 7.53. The lowest BCUT2D eigenvalue weighted by atomic mass is 10.4. The molecular weight excluding hydrogens is 435 g/mol.